The quantitative estimate of drug-likeness (QED) is 0.875. The Morgan fingerprint density at radius 2 is 1.88 bits per heavy atom. The van der Waals surface area contributed by atoms with Crippen LogP contribution in [0.3, 0.4) is 0 Å². The average Bonchev–Trinajstić information content (AvgIpc) is 2.70. The summed E-state index contributed by atoms with van der Waals surface area (Å²) >= 11 is 0. The summed E-state index contributed by atoms with van der Waals surface area (Å²) in [6.07, 6.45) is 1.76. The van der Waals surface area contributed by atoms with Crippen LogP contribution in [0.5, 0.6) is 0 Å². The Bertz CT molecular complexity index is 511. The molecule has 0 spiro atoms. The molecule has 0 amide bonds. The highest BCUT2D eigenvalue weighted by Crippen LogP contribution is 2.23. The van der Waals surface area contributed by atoms with Crippen molar-refractivity contribution in [1.29, 1.82) is 0 Å². The molecule has 90 valence electrons. The molecule has 1 unspecified atom stereocenters. The minimum absolute atomic E-state index is 0.490. The molecular formula is C15H18O2. The summed E-state index contributed by atoms with van der Waals surface area (Å²) in [6, 6.07) is 8.13. The van der Waals surface area contributed by atoms with E-state index in [4.69, 9.17) is 4.42 Å². The second-order valence-corrected chi connectivity index (χ2v) is 4.57. The van der Waals surface area contributed by atoms with Crippen molar-refractivity contribution in [3.05, 3.63) is 58.5 Å². The third-order valence-corrected chi connectivity index (χ3v) is 3.26. The molecule has 1 aromatic carbocycles. The van der Waals surface area contributed by atoms with Gasteiger partial charge in [-0.3, -0.25) is 0 Å². The van der Waals surface area contributed by atoms with Gasteiger partial charge < -0.3 is 9.52 Å². The predicted molar refractivity (Wildman–Crippen MR) is 68.0 cm³/mol. The van der Waals surface area contributed by atoms with Gasteiger partial charge in [0.15, 0.2) is 0 Å². The number of aliphatic hydroxyl groups is 1. The summed E-state index contributed by atoms with van der Waals surface area (Å²) in [4.78, 5) is 0. The summed E-state index contributed by atoms with van der Waals surface area (Å²) < 4.78 is 5.21. The van der Waals surface area contributed by atoms with Crippen LogP contribution in [0.25, 0.3) is 0 Å². The number of aliphatic hydroxyl groups excluding tert-OH is 1. The van der Waals surface area contributed by atoms with Crippen molar-refractivity contribution in [3.8, 4) is 0 Å². The molecule has 1 aromatic heterocycles. The van der Waals surface area contributed by atoms with Gasteiger partial charge in [0.1, 0.15) is 5.76 Å². The Hall–Kier alpha value is -1.54. The molecule has 2 aromatic rings. The van der Waals surface area contributed by atoms with Gasteiger partial charge >= 0.3 is 0 Å². The number of rotatable bonds is 3. The summed E-state index contributed by atoms with van der Waals surface area (Å²) in [5.41, 5.74) is 4.57. The topological polar surface area (TPSA) is 33.4 Å². The SMILES string of the molecule is Cc1ccc(CC(O)c2ccoc2C)cc1C. The molecule has 0 fully saturated rings. The molecule has 0 aliphatic heterocycles. The van der Waals surface area contributed by atoms with Gasteiger partial charge in [0.05, 0.1) is 12.4 Å². The lowest BCUT2D eigenvalue weighted by Gasteiger charge is -2.11. The lowest BCUT2D eigenvalue weighted by molar-refractivity contribution is 0.176. The predicted octanol–water partition coefficient (Wildman–Crippen LogP) is 3.48. The van der Waals surface area contributed by atoms with E-state index in [0.29, 0.717) is 6.42 Å². The van der Waals surface area contributed by atoms with Crippen molar-refractivity contribution >= 4 is 0 Å². The van der Waals surface area contributed by atoms with Crippen LogP contribution in [-0.2, 0) is 6.42 Å². The third kappa shape index (κ3) is 2.59. The molecule has 2 rings (SSSR count). The Balaban J connectivity index is 2.16. The van der Waals surface area contributed by atoms with E-state index in [1.54, 1.807) is 6.26 Å². The number of furan rings is 1. The molecule has 0 bridgehead atoms. The fourth-order valence-electron chi connectivity index (χ4n) is 2.00. The second-order valence-electron chi connectivity index (χ2n) is 4.57. The number of aryl methyl sites for hydroxylation is 3. The molecule has 1 N–H and O–H groups in total. The number of hydrogen-bond acceptors (Lipinski definition) is 2. The molecule has 2 heteroatoms. The minimum Gasteiger partial charge on any atom is -0.469 e. The maximum Gasteiger partial charge on any atom is 0.106 e. The van der Waals surface area contributed by atoms with Crippen LogP contribution in [-0.4, -0.2) is 5.11 Å². The zero-order valence-electron chi connectivity index (χ0n) is 10.5. The highest BCUT2D eigenvalue weighted by Gasteiger charge is 2.13. The van der Waals surface area contributed by atoms with E-state index < -0.39 is 6.10 Å². The third-order valence-electron chi connectivity index (χ3n) is 3.26. The summed E-state index contributed by atoms with van der Waals surface area (Å²) in [5, 5.41) is 10.1. The molecule has 0 aliphatic carbocycles. The van der Waals surface area contributed by atoms with Gasteiger partial charge in [0, 0.05) is 12.0 Å². The van der Waals surface area contributed by atoms with Crippen molar-refractivity contribution in [2.45, 2.75) is 33.3 Å². The van der Waals surface area contributed by atoms with Crippen molar-refractivity contribution in [1.82, 2.24) is 0 Å². The average molecular weight is 230 g/mol. The summed E-state index contributed by atoms with van der Waals surface area (Å²) in [5.74, 6) is 0.793. The molecule has 1 heterocycles. The van der Waals surface area contributed by atoms with E-state index in [1.165, 1.54) is 11.1 Å². The summed E-state index contributed by atoms with van der Waals surface area (Å²) in [7, 11) is 0. The van der Waals surface area contributed by atoms with Crippen LogP contribution in [0.15, 0.2) is 34.9 Å². The van der Waals surface area contributed by atoms with Gasteiger partial charge in [-0.25, -0.2) is 0 Å². The van der Waals surface area contributed by atoms with Crippen LogP contribution in [0, 0.1) is 20.8 Å². The first-order chi connectivity index (χ1) is 8.08. The van der Waals surface area contributed by atoms with Gasteiger partial charge in [0.2, 0.25) is 0 Å². The smallest absolute Gasteiger partial charge is 0.106 e. The molecular weight excluding hydrogens is 212 g/mol. The van der Waals surface area contributed by atoms with E-state index in [2.05, 4.69) is 32.0 Å². The fourth-order valence-corrected chi connectivity index (χ4v) is 2.00. The largest absolute Gasteiger partial charge is 0.469 e. The van der Waals surface area contributed by atoms with Gasteiger partial charge in [0.25, 0.3) is 0 Å². The summed E-state index contributed by atoms with van der Waals surface area (Å²) in [6.45, 7) is 6.06. The zero-order chi connectivity index (χ0) is 12.4. The van der Waals surface area contributed by atoms with Crippen molar-refractivity contribution < 1.29 is 9.52 Å². The van der Waals surface area contributed by atoms with Gasteiger partial charge in [-0.2, -0.15) is 0 Å². The molecule has 0 saturated heterocycles. The first-order valence-electron chi connectivity index (χ1n) is 5.86. The highest BCUT2D eigenvalue weighted by atomic mass is 16.3. The molecule has 0 aliphatic rings. The van der Waals surface area contributed by atoms with E-state index in [1.807, 2.05) is 13.0 Å². The normalized spacial score (nSPS) is 12.7. The first kappa shape index (κ1) is 11.9. The lowest BCUT2D eigenvalue weighted by Crippen LogP contribution is -2.02. The van der Waals surface area contributed by atoms with E-state index in [9.17, 15) is 5.11 Å². The molecule has 0 radical (unpaired) electrons. The molecule has 0 saturated carbocycles. The van der Waals surface area contributed by atoms with Crippen molar-refractivity contribution in [2.75, 3.05) is 0 Å². The second kappa shape index (κ2) is 4.76. The minimum atomic E-state index is -0.490. The van der Waals surface area contributed by atoms with Gasteiger partial charge in [-0.05, 0) is 43.5 Å². The first-order valence-corrected chi connectivity index (χ1v) is 5.86. The lowest BCUT2D eigenvalue weighted by atomic mass is 9.99. The standard InChI is InChI=1S/C15H18O2/c1-10-4-5-13(8-11(10)2)9-15(16)14-6-7-17-12(14)3/h4-8,15-16H,9H2,1-3H3. The van der Waals surface area contributed by atoms with Gasteiger partial charge in [-0.15, -0.1) is 0 Å². The zero-order valence-corrected chi connectivity index (χ0v) is 10.5. The van der Waals surface area contributed by atoms with Crippen LogP contribution < -0.4 is 0 Å². The fraction of sp³-hybridized carbons (Fsp3) is 0.333. The number of hydrogen-bond donors (Lipinski definition) is 1. The van der Waals surface area contributed by atoms with Crippen LogP contribution in [0.2, 0.25) is 0 Å². The Morgan fingerprint density at radius 3 is 2.47 bits per heavy atom. The van der Waals surface area contributed by atoms with Crippen LogP contribution in [0.1, 0.15) is 34.1 Å². The molecule has 2 nitrogen and oxygen atoms in total. The monoisotopic (exact) mass is 230 g/mol. The number of benzene rings is 1. The van der Waals surface area contributed by atoms with Gasteiger partial charge in [-0.1, -0.05) is 18.2 Å². The van der Waals surface area contributed by atoms with E-state index in [0.717, 1.165) is 16.9 Å². The van der Waals surface area contributed by atoms with Crippen LogP contribution >= 0.6 is 0 Å². The molecule has 1 atom stereocenters. The van der Waals surface area contributed by atoms with E-state index in [-0.39, 0.29) is 0 Å². The Labute approximate surface area is 102 Å². The van der Waals surface area contributed by atoms with Crippen LogP contribution in [0.4, 0.5) is 0 Å². The van der Waals surface area contributed by atoms with Crippen molar-refractivity contribution in [3.63, 3.8) is 0 Å². The highest BCUT2D eigenvalue weighted by molar-refractivity contribution is 5.31. The van der Waals surface area contributed by atoms with E-state index >= 15 is 0 Å². The maximum atomic E-state index is 10.1. The Kier molecular flexibility index (Phi) is 3.34. The maximum absolute atomic E-state index is 10.1. The molecule has 17 heavy (non-hydrogen) atoms. The van der Waals surface area contributed by atoms with Crippen molar-refractivity contribution in [2.24, 2.45) is 0 Å². The Morgan fingerprint density at radius 1 is 1.12 bits per heavy atom.